The molecule has 0 radical (unpaired) electrons. The average molecular weight is 436 g/mol. The molecule has 10 heteroatoms. The first-order valence-electron chi connectivity index (χ1n) is 8.37. The topological polar surface area (TPSA) is 126 Å². The van der Waals surface area contributed by atoms with E-state index in [2.05, 4.69) is 36.2 Å². The van der Waals surface area contributed by atoms with E-state index < -0.39 is 31.1 Å². The molecule has 3 heterocycles. The van der Waals surface area contributed by atoms with E-state index in [1.165, 1.54) is 17.2 Å². The molecular formula is C17H18BrN5O4. The zero-order chi connectivity index (χ0) is 19.0. The van der Waals surface area contributed by atoms with Crippen molar-refractivity contribution in [2.45, 2.75) is 31.1 Å². The minimum atomic E-state index is -1.20. The summed E-state index contributed by atoms with van der Waals surface area (Å²) in [5.41, 5.74) is 2.04. The Morgan fingerprint density at radius 1 is 1.19 bits per heavy atom. The van der Waals surface area contributed by atoms with Crippen molar-refractivity contribution in [2.75, 3.05) is 11.9 Å². The van der Waals surface area contributed by atoms with Crippen molar-refractivity contribution in [2.24, 2.45) is 0 Å². The number of aromatic nitrogens is 4. The molecule has 3 aromatic rings. The van der Waals surface area contributed by atoms with Gasteiger partial charge in [-0.05, 0) is 17.7 Å². The number of rotatable bonds is 5. The van der Waals surface area contributed by atoms with Gasteiger partial charge < -0.3 is 25.4 Å². The molecule has 0 spiro atoms. The molecule has 0 aliphatic carbocycles. The molecule has 1 unspecified atom stereocenters. The van der Waals surface area contributed by atoms with Crippen LogP contribution >= 0.6 is 15.9 Å². The van der Waals surface area contributed by atoms with Gasteiger partial charge in [-0.2, -0.15) is 0 Å². The monoisotopic (exact) mass is 435 g/mol. The summed E-state index contributed by atoms with van der Waals surface area (Å²) in [6.45, 7) is 0.155. The van der Waals surface area contributed by atoms with Crippen LogP contribution in [0.5, 0.6) is 0 Å². The minimum Gasteiger partial charge on any atom is -0.394 e. The SMILES string of the molecule is OC[C@H]1OC(n2cnc3c(NCc4cccc(Br)c4)ncnc32)[C@@H](O)[C@@H]1O. The van der Waals surface area contributed by atoms with Gasteiger partial charge in [-0.25, -0.2) is 15.0 Å². The number of aliphatic hydroxyl groups excluding tert-OH is 3. The van der Waals surface area contributed by atoms with Gasteiger partial charge in [0.1, 0.15) is 24.6 Å². The molecule has 1 fully saturated rings. The number of halogens is 1. The van der Waals surface area contributed by atoms with Crippen LogP contribution in [0.2, 0.25) is 0 Å². The highest BCUT2D eigenvalue weighted by molar-refractivity contribution is 9.10. The van der Waals surface area contributed by atoms with Crippen molar-refractivity contribution in [1.29, 1.82) is 0 Å². The van der Waals surface area contributed by atoms with E-state index in [9.17, 15) is 15.3 Å². The maximum atomic E-state index is 10.2. The normalized spacial score (nSPS) is 25.2. The highest BCUT2D eigenvalue weighted by Crippen LogP contribution is 2.32. The van der Waals surface area contributed by atoms with Crippen LogP contribution in [0.25, 0.3) is 11.2 Å². The van der Waals surface area contributed by atoms with E-state index in [0.717, 1.165) is 10.0 Å². The Hall–Kier alpha value is -2.11. The van der Waals surface area contributed by atoms with Gasteiger partial charge in [0.15, 0.2) is 23.2 Å². The van der Waals surface area contributed by atoms with Gasteiger partial charge in [-0.15, -0.1) is 0 Å². The molecule has 9 nitrogen and oxygen atoms in total. The van der Waals surface area contributed by atoms with E-state index in [0.29, 0.717) is 23.5 Å². The van der Waals surface area contributed by atoms with Crippen LogP contribution in [0.1, 0.15) is 11.8 Å². The van der Waals surface area contributed by atoms with Crippen LogP contribution in [0.4, 0.5) is 5.82 Å². The van der Waals surface area contributed by atoms with Gasteiger partial charge in [0, 0.05) is 11.0 Å². The third-order valence-electron chi connectivity index (χ3n) is 4.50. The summed E-state index contributed by atoms with van der Waals surface area (Å²) >= 11 is 3.45. The molecule has 0 amide bonds. The maximum Gasteiger partial charge on any atom is 0.167 e. The molecule has 0 saturated carbocycles. The fourth-order valence-electron chi connectivity index (χ4n) is 3.11. The van der Waals surface area contributed by atoms with Crippen LogP contribution in [-0.4, -0.2) is 59.8 Å². The van der Waals surface area contributed by atoms with Crippen LogP contribution in [-0.2, 0) is 11.3 Å². The number of anilines is 1. The number of nitrogens with zero attached hydrogens (tertiary/aromatic N) is 4. The molecule has 2 aromatic heterocycles. The average Bonchev–Trinajstić information content (AvgIpc) is 3.22. The van der Waals surface area contributed by atoms with Gasteiger partial charge >= 0.3 is 0 Å². The van der Waals surface area contributed by atoms with Crippen LogP contribution in [0, 0.1) is 0 Å². The second kappa shape index (κ2) is 7.49. The van der Waals surface area contributed by atoms with E-state index in [1.807, 2.05) is 24.3 Å². The van der Waals surface area contributed by atoms with Crippen molar-refractivity contribution in [1.82, 2.24) is 19.5 Å². The van der Waals surface area contributed by atoms with Gasteiger partial charge in [0.05, 0.1) is 12.9 Å². The van der Waals surface area contributed by atoms with Crippen molar-refractivity contribution >= 4 is 32.9 Å². The predicted octanol–water partition coefficient (Wildman–Crippen LogP) is 0.812. The quantitative estimate of drug-likeness (QED) is 0.463. The number of nitrogens with one attached hydrogen (secondary N) is 1. The number of benzene rings is 1. The summed E-state index contributed by atoms with van der Waals surface area (Å²) in [5.74, 6) is 0.547. The van der Waals surface area contributed by atoms with Crippen LogP contribution in [0.15, 0.2) is 41.4 Å². The lowest BCUT2D eigenvalue weighted by Gasteiger charge is -2.16. The Morgan fingerprint density at radius 2 is 2.04 bits per heavy atom. The summed E-state index contributed by atoms with van der Waals surface area (Å²) in [7, 11) is 0. The van der Waals surface area contributed by atoms with Gasteiger partial charge in [-0.3, -0.25) is 4.57 Å². The van der Waals surface area contributed by atoms with Crippen LogP contribution < -0.4 is 5.32 Å². The molecule has 1 saturated heterocycles. The predicted molar refractivity (Wildman–Crippen MR) is 99.8 cm³/mol. The molecule has 4 N–H and O–H groups in total. The summed E-state index contributed by atoms with van der Waals surface area (Å²) in [5, 5.41) is 32.7. The van der Waals surface area contributed by atoms with E-state index in [-0.39, 0.29) is 0 Å². The van der Waals surface area contributed by atoms with Crippen molar-refractivity contribution in [3.63, 3.8) is 0 Å². The zero-order valence-corrected chi connectivity index (χ0v) is 15.7. The fraction of sp³-hybridized carbons (Fsp3) is 0.353. The maximum absolute atomic E-state index is 10.2. The van der Waals surface area contributed by atoms with Crippen LogP contribution in [0.3, 0.4) is 0 Å². The summed E-state index contributed by atoms with van der Waals surface area (Å²) in [4.78, 5) is 12.8. The minimum absolute atomic E-state index is 0.393. The summed E-state index contributed by atoms with van der Waals surface area (Å²) < 4.78 is 8.08. The molecule has 27 heavy (non-hydrogen) atoms. The highest BCUT2D eigenvalue weighted by Gasteiger charge is 2.44. The number of hydrogen-bond donors (Lipinski definition) is 4. The molecule has 142 valence electrons. The highest BCUT2D eigenvalue weighted by atomic mass is 79.9. The van der Waals surface area contributed by atoms with E-state index >= 15 is 0 Å². The molecular weight excluding hydrogens is 418 g/mol. The van der Waals surface area contributed by atoms with Crippen molar-refractivity contribution in [3.05, 3.63) is 47.0 Å². The Balaban J connectivity index is 1.60. The number of fused-ring (bicyclic) bond motifs is 1. The Labute approximate surface area is 162 Å². The lowest BCUT2D eigenvalue weighted by molar-refractivity contribution is -0.0511. The van der Waals surface area contributed by atoms with Gasteiger partial charge in [-0.1, -0.05) is 28.1 Å². The number of imidazole rings is 1. The second-order valence-corrected chi connectivity index (χ2v) is 7.17. The van der Waals surface area contributed by atoms with Crippen molar-refractivity contribution < 1.29 is 20.1 Å². The molecule has 1 aromatic carbocycles. The Bertz CT molecular complexity index is 952. The molecule has 0 bridgehead atoms. The number of hydrogen-bond acceptors (Lipinski definition) is 8. The molecule has 1 aliphatic rings. The first kappa shape index (κ1) is 18.3. The Kier molecular flexibility index (Phi) is 5.06. The van der Waals surface area contributed by atoms with Gasteiger partial charge in [0.25, 0.3) is 0 Å². The first-order valence-corrected chi connectivity index (χ1v) is 9.16. The lowest BCUT2D eigenvalue weighted by Crippen LogP contribution is -2.33. The largest absolute Gasteiger partial charge is 0.394 e. The Morgan fingerprint density at radius 3 is 2.78 bits per heavy atom. The lowest BCUT2D eigenvalue weighted by atomic mass is 10.1. The summed E-state index contributed by atoms with van der Waals surface area (Å²) in [6.07, 6.45) is -1.27. The number of ether oxygens (including phenoxy) is 1. The fourth-order valence-corrected chi connectivity index (χ4v) is 3.56. The third kappa shape index (κ3) is 3.42. The van der Waals surface area contributed by atoms with E-state index in [1.54, 1.807) is 0 Å². The third-order valence-corrected chi connectivity index (χ3v) is 4.99. The van der Waals surface area contributed by atoms with Gasteiger partial charge in [0.2, 0.25) is 0 Å². The standard InChI is InChI=1S/C17H18BrN5O4/c18-10-3-1-2-9(4-10)5-19-15-12-16(21-7-20-15)23(8-22-12)17-14(26)13(25)11(6-24)27-17/h1-4,7-8,11,13-14,17,24-26H,5-6H2,(H,19,20,21)/t11-,13-,14+,17?/m1/s1. The molecule has 4 rings (SSSR count). The molecule has 4 atom stereocenters. The van der Waals surface area contributed by atoms with E-state index in [4.69, 9.17) is 4.74 Å². The zero-order valence-electron chi connectivity index (χ0n) is 14.1. The summed E-state index contributed by atoms with van der Waals surface area (Å²) in [6, 6.07) is 7.90. The molecule has 1 aliphatic heterocycles. The number of aliphatic hydroxyl groups is 3. The smallest absolute Gasteiger partial charge is 0.167 e. The first-order chi connectivity index (χ1) is 13.1. The van der Waals surface area contributed by atoms with Crippen molar-refractivity contribution in [3.8, 4) is 0 Å². The second-order valence-electron chi connectivity index (χ2n) is 6.26.